The molecule has 0 radical (unpaired) electrons. The van der Waals surface area contributed by atoms with E-state index in [9.17, 15) is 10.3 Å². The zero-order chi connectivity index (χ0) is 19.6. The first-order valence-corrected chi connectivity index (χ1v) is 9.58. The molecule has 2 aromatic carbocycles. The van der Waals surface area contributed by atoms with Crippen molar-refractivity contribution < 1.29 is 14.7 Å². The summed E-state index contributed by atoms with van der Waals surface area (Å²) >= 11 is 1.51. The highest BCUT2D eigenvalue weighted by atomic mass is 32.1. The lowest BCUT2D eigenvalue weighted by molar-refractivity contribution is 0.318. The average molecular weight is 384 g/mol. The molecule has 3 rings (SSSR count). The van der Waals surface area contributed by atoms with E-state index in [-0.39, 0.29) is 17.4 Å². The highest BCUT2D eigenvalue weighted by molar-refractivity contribution is 7.08. The number of phenolic OH excluding ortho intramolecular Hbond substituents is 1. The predicted octanol–water partition coefficient (Wildman–Crippen LogP) is 5.28. The third-order valence-corrected chi connectivity index (χ3v) is 5.38. The summed E-state index contributed by atoms with van der Waals surface area (Å²) in [6, 6.07) is 8.06. The van der Waals surface area contributed by atoms with Gasteiger partial charge < -0.3 is 16.0 Å². The second kappa shape index (κ2) is 7.80. The molecule has 0 saturated heterocycles. The van der Waals surface area contributed by atoms with Crippen molar-refractivity contribution in [2.24, 2.45) is 10.9 Å². The maximum Gasteiger partial charge on any atom is 0.170 e. The monoisotopic (exact) mass is 384 g/mol. The van der Waals surface area contributed by atoms with Gasteiger partial charge in [-0.25, -0.2) is 4.39 Å². The number of hydrogen-bond donors (Lipinski definition) is 3. The van der Waals surface area contributed by atoms with Crippen molar-refractivity contribution in [1.29, 1.82) is 0 Å². The van der Waals surface area contributed by atoms with Crippen molar-refractivity contribution in [3.05, 3.63) is 63.6 Å². The molecule has 0 fully saturated rings. The smallest absolute Gasteiger partial charge is 0.170 e. The van der Waals surface area contributed by atoms with Crippen LogP contribution < -0.4 is 5.73 Å². The molecule has 4 nitrogen and oxygen atoms in total. The Morgan fingerprint density at radius 2 is 1.89 bits per heavy atom. The number of nitrogens with zero attached hydrogens (tertiary/aromatic N) is 1. The lowest BCUT2D eigenvalue weighted by atomic mass is 9.86. The molecule has 0 aliphatic rings. The molecule has 0 atom stereocenters. The molecule has 140 valence electrons. The van der Waals surface area contributed by atoms with Crippen LogP contribution in [0.5, 0.6) is 5.75 Å². The Bertz CT molecular complexity index is 994. The summed E-state index contributed by atoms with van der Waals surface area (Å²) < 4.78 is 15.6. The van der Waals surface area contributed by atoms with Gasteiger partial charge in [0.25, 0.3) is 0 Å². The minimum absolute atomic E-state index is 0.0621. The van der Waals surface area contributed by atoms with Crippen molar-refractivity contribution >= 4 is 17.2 Å². The largest absolute Gasteiger partial charge is 0.508 e. The fourth-order valence-corrected chi connectivity index (χ4v) is 4.06. The minimum atomic E-state index is -0.322. The maximum atomic E-state index is 15.6. The predicted molar refractivity (Wildman–Crippen MR) is 108 cm³/mol. The Balaban J connectivity index is 2.45. The normalized spacial score (nSPS) is 11.7. The van der Waals surface area contributed by atoms with Crippen molar-refractivity contribution in [2.45, 2.75) is 26.7 Å². The Morgan fingerprint density at radius 1 is 1.19 bits per heavy atom. The maximum absolute atomic E-state index is 15.6. The van der Waals surface area contributed by atoms with Gasteiger partial charge >= 0.3 is 0 Å². The van der Waals surface area contributed by atoms with E-state index >= 15 is 4.39 Å². The number of aryl methyl sites for hydroxylation is 2. The van der Waals surface area contributed by atoms with Crippen LogP contribution in [0.4, 0.5) is 4.39 Å². The van der Waals surface area contributed by atoms with E-state index in [2.05, 4.69) is 5.16 Å². The van der Waals surface area contributed by atoms with Gasteiger partial charge in [0.1, 0.15) is 11.6 Å². The molecule has 3 aromatic rings. The van der Waals surface area contributed by atoms with Crippen LogP contribution in [0.3, 0.4) is 0 Å². The van der Waals surface area contributed by atoms with Crippen LogP contribution in [0.25, 0.3) is 22.3 Å². The number of rotatable bonds is 5. The van der Waals surface area contributed by atoms with Gasteiger partial charge in [0.15, 0.2) is 5.84 Å². The first-order valence-electron chi connectivity index (χ1n) is 8.63. The molecule has 0 saturated carbocycles. The van der Waals surface area contributed by atoms with Crippen molar-refractivity contribution in [1.82, 2.24) is 0 Å². The molecule has 1 aromatic heterocycles. The molecule has 1 heterocycles. The Morgan fingerprint density at radius 3 is 2.44 bits per heavy atom. The molecule has 0 bridgehead atoms. The molecule has 0 aliphatic heterocycles. The van der Waals surface area contributed by atoms with Crippen LogP contribution in [-0.2, 0) is 6.42 Å². The standard InChI is InChI=1S/C21H21FN2O2S/c1-3-4-14-9-16(21(23)24-26)19(17-11-27-10-12(17)2)18(20(14)22)13-5-7-15(25)8-6-13/h5-11,25-26H,3-4H2,1-2H3,(H2,23,24). The highest BCUT2D eigenvalue weighted by Crippen LogP contribution is 2.41. The summed E-state index contributed by atoms with van der Waals surface area (Å²) in [7, 11) is 0. The number of phenols is 1. The van der Waals surface area contributed by atoms with E-state index in [0.29, 0.717) is 34.2 Å². The van der Waals surface area contributed by atoms with Crippen molar-refractivity contribution in [2.75, 3.05) is 0 Å². The van der Waals surface area contributed by atoms with Crippen LogP contribution in [0.1, 0.15) is 30.0 Å². The first-order chi connectivity index (χ1) is 13.0. The minimum Gasteiger partial charge on any atom is -0.508 e. The quantitative estimate of drug-likeness (QED) is 0.242. The fourth-order valence-electron chi connectivity index (χ4n) is 3.22. The molecule has 0 aliphatic carbocycles. The number of benzene rings is 2. The van der Waals surface area contributed by atoms with E-state index < -0.39 is 0 Å². The van der Waals surface area contributed by atoms with E-state index in [1.165, 1.54) is 23.5 Å². The number of halogens is 1. The Labute approximate surface area is 161 Å². The molecular formula is C21H21FN2O2S. The Kier molecular flexibility index (Phi) is 5.46. The SMILES string of the molecule is CCCc1cc(/C(N)=N/O)c(-c2cscc2C)c(-c2ccc(O)cc2)c1F. The molecule has 0 spiro atoms. The highest BCUT2D eigenvalue weighted by Gasteiger charge is 2.24. The third-order valence-electron chi connectivity index (χ3n) is 4.52. The molecule has 4 N–H and O–H groups in total. The van der Waals surface area contributed by atoms with Crippen molar-refractivity contribution in [3.63, 3.8) is 0 Å². The number of hydrogen-bond acceptors (Lipinski definition) is 4. The number of amidine groups is 1. The van der Waals surface area contributed by atoms with E-state index in [0.717, 1.165) is 17.5 Å². The molecule has 0 amide bonds. The molecule has 27 heavy (non-hydrogen) atoms. The van der Waals surface area contributed by atoms with Gasteiger partial charge in [0.05, 0.1) is 0 Å². The average Bonchev–Trinajstić information content (AvgIpc) is 3.09. The number of nitrogens with two attached hydrogens (primary N) is 1. The van der Waals surface area contributed by atoms with E-state index in [1.54, 1.807) is 18.2 Å². The summed E-state index contributed by atoms with van der Waals surface area (Å²) in [5.41, 5.74) is 10.4. The number of thiophene rings is 1. The van der Waals surface area contributed by atoms with Gasteiger partial charge in [-0.05, 0) is 64.6 Å². The summed E-state index contributed by atoms with van der Waals surface area (Å²) in [5, 5.41) is 26.0. The van der Waals surface area contributed by atoms with Gasteiger partial charge in [-0.3, -0.25) is 0 Å². The van der Waals surface area contributed by atoms with Crippen LogP contribution in [0.2, 0.25) is 0 Å². The second-order valence-electron chi connectivity index (χ2n) is 6.40. The van der Waals surface area contributed by atoms with E-state index in [1.807, 2.05) is 24.6 Å². The van der Waals surface area contributed by atoms with E-state index in [4.69, 9.17) is 5.73 Å². The summed E-state index contributed by atoms with van der Waals surface area (Å²) in [6.45, 7) is 3.92. The zero-order valence-corrected chi connectivity index (χ0v) is 16.0. The fraction of sp³-hybridized carbons (Fsp3) is 0.190. The van der Waals surface area contributed by atoms with Gasteiger partial charge in [0.2, 0.25) is 0 Å². The van der Waals surface area contributed by atoms with Gasteiger partial charge in [0, 0.05) is 16.7 Å². The van der Waals surface area contributed by atoms with Gasteiger partial charge in [-0.1, -0.05) is 30.6 Å². The number of oxime groups is 1. The number of aromatic hydroxyl groups is 1. The van der Waals surface area contributed by atoms with Crippen molar-refractivity contribution in [3.8, 4) is 28.0 Å². The molecule has 0 unspecified atom stereocenters. The first kappa shape index (κ1) is 18.9. The molecular weight excluding hydrogens is 363 g/mol. The summed E-state index contributed by atoms with van der Waals surface area (Å²) in [6.07, 6.45) is 1.30. The second-order valence-corrected chi connectivity index (χ2v) is 7.14. The van der Waals surface area contributed by atoms with Gasteiger partial charge in [-0.15, -0.1) is 0 Å². The summed E-state index contributed by atoms with van der Waals surface area (Å²) in [4.78, 5) is 0. The van der Waals surface area contributed by atoms with Crippen LogP contribution in [-0.4, -0.2) is 16.1 Å². The third kappa shape index (κ3) is 3.53. The van der Waals surface area contributed by atoms with Crippen LogP contribution in [0, 0.1) is 12.7 Å². The van der Waals surface area contributed by atoms with Crippen LogP contribution in [0.15, 0.2) is 46.2 Å². The Hall–Kier alpha value is -2.86. The topological polar surface area (TPSA) is 78.8 Å². The zero-order valence-electron chi connectivity index (χ0n) is 15.2. The summed E-state index contributed by atoms with van der Waals surface area (Å²) in [5.74, 6) is -0.278. The van der Waals surface area contributed by atoms with Gasteiger partial charge in [-0.2, -0.15) is 11.3 Å². The lowest BCUT2D eigenvalue weighted by Gasteiger charge is -2.19. The molecule has 6 heteroatoms. The van der Waals surface area contributed by atoms with Crippen LogP contribution >= 0.6 is 11.3 Å². The lowest BCUT2D eigenvalue weighted by Crippen LogP contribution is -2.16.